The van der Waals surface area contributed by atoms with Gasteiger partial charge in [0.2, 0.25) is 5.88 Å². The van der Waals surface area contributed by atoms with Crippen LogP contribution < -0.4 is 14.6 Å². The molecule has 0 aliphatic rings. The topological polar surface area (TPSA) is 84.4 Å². The first-order valence-corrected chi connectivity index (χ1v) is 5.61. The molecule has 0 aliphatic carbocycles. The second kappa shape index (κ2) is 6.58. The summed E-state index contributed by atoms with van der Waals surface area (Å²) in [6.45, 7) is 6.21. The summed E-state index contributed by atoms with van der Waals surface area (Å²) in [6.07, 6.45) is 2.26. The van der Waals surface area contributed by atoms with E-state index in [1.54, 1.807) is 6.92 Å². The normalized spacial score (nSPS) is 10.6. The number of aliphatic carboxylic acids is 1. The van der Waals surface area contributed by atoms with Crippen molar-refractivity contribution in [2.24, 2.45) is 0 Å². The van der Waals surface area contributed by atoms with Gasteiger partial charge in [-0.2, -0.15) is 9.97 Å². The fourth-order valence-electron chi connectivity index (χ4n) is 1.31. The van der Waals surface area contributed by atoms with E-state index in [0.29, 0.717) is 30.4 Å². The van der Waals surface area contributed by atoms with Crippen LogP contribution in [-0.4, -0.2) is 29.2 Å². The van der Waals surface area contributed by atoms with Crippen LogP contribution in [0.2, 0.25) is 0 Å². The van der Waals surface area contributed by atoms with Crippen LogP contribution >= 0.6 is 0 Å². The second-order valence-electron chi connectivity index (χ2n) is 3.33. The van der Waals surface area contributed by atoms with Gasteiger partial charge < -0.3 is 19.4 Å². The molecule has 1 aromatic rings. The molecule has 1 heterocycles. The van der Waals surface area contributed by atoms with Gasteiger partial charge in [-0.05, 0) is 32.9 Å². The number of aromatic nitrogens is 2. The number of ether oxygens (including phenoxy) is 2. The molecular weight excluding hydrogens is 236 g/mol. The molecule has 0 N–H and O–H groups in total. The quantitative estimate of drug-likeness (QED) is 0.678. The number of hydrogen-bond acceptors (Lipinski definition) is 6. The third-order valence-corrected chi connectivity index (χ3v) is 2.02. The van der Waals surface area contributed by atoms with Gasteiger partial charge in [-0.1, -0.05) is 0 Å². The van der Waals surface area contributed by atoms with Gasteiger partial charge in [0.15, 0.2) is 0 Å². The van der Waals surface area contributed by atoms with Crippen LogP contribution in [-0.2, 0) is 4.79 Å². The lowest BCUT2D eigenvalue weighted by Crippen LogP contribution is -2.18. The van der Waals surface area contributed by atoms with Gasteiger partial charge in [0.25, 0.3) is 0 Å². The lowest BCUT2D eigenvalue weighted by Gasteiger charge is -2.10. The van der Waals surface area contributed by atoms with E-state index in [0.717, 1.165) is 6.08 Å². The van der Waals surface area contributed by atoms with Gasteiger partial charge in [0.05, 0.1) is 30.4 Å². The van der Waals surface area contributed by atoms with Gasteiger partial charge in [0.1, 0.15) is 0 Å². The van der Waals surface area contributed by atoms with Crippen molar-refractivity contribution in [1.82, 2.24) is 9.97 Å². The maximum absolute atomic E-state index is 10.4. The number of carboxylic acid groups (broad SMARTS) is 1. The van der Waals surface area contributed by atoms with Crippen LogP contribution in [0.1, 0.15) is 25.1 Å². The lowest BCUT2D eigenvalue weighted by atomic mass is 10.2. The van der Waals surface area contributed by atoms with Crippen LogP contribution in [0.15, 0.2) is 6.08 Å². The standard InChI is InChI=1S/C12H16N2O4/c1-4-17-11-9(6-7-10(15)16)8(3)13-12(14-11)18-5-2/h6-7H,4-5H2,1-3H3,(H,15,16)/p-1/b7-6+. The summed E-state index contributed by atoms with van der Waals surface area (Å²) in [6, 6.07) is 0.212. The first kappa shape index (κ1) is 14.0. The van der Waals surface area contributed by atoms with Crippen molar-refractivity contribution in [3.8, 4) is 11.9 Å². The Hall–Kier alpha value is -2.11. The van der Waals surface area contributed by atoms with Crippen LogP contribution in [0, 0.1) is 6.92 Å². The minimum Gasteiger partial charge on any atom is -0.545 e. The number of rotatable bonds is 6. The van der Waals surface area contributed by atoms with Gasteiger partial charge in [-0.3, -0.25) is 0 Å². The molecule has 6 heteroatoms. The van der Waals surface area contributed by atoms with E-state index >= 15 is 0 Å². The monoisotopic (exact) mass is 251 g/mol. The minimum atomic E-state index is -1.29. The Morgan fingerprint density at radius 1 is 1.28 bits per heavy atom. The van der Waals surface area contributed by atoms with Crippen LogP contribution in [0.3, 0.4) is 0 Å². The first-order chi connectivity index (χ1) is 8.58. The molecule has 0 atom stereocenters. The van der Waals surface area contributed by atoms with Crippen molar-refractivity contribution in [1.29, 1.82) is 0 Å². The van der Waals surface area contributed by atoms with E-state index < -0.39 is 5.97 Å². The molecule has 0 bridgehead atoms. The summed E-state index contributed by atoms with van der Waals surface area (Å²) in [5, 5.41) is 10.4. The molecule has 0 aliphatic heterocycles. The molecular formula is C12H15N2O4-. The van der Waals surface area contributed by atoms with Crippen molar-refractivity contribution >= 4 is 12.0 Å². The zero-order valence-electron chi connectivity index (χ0n) is 10.6. The van der Waals surface area contributed by atoms with Crippen molar-refractivity contribution in [3.63, 3.8) is 0 Å². The number of carbonyl (C=O) groups excluding carboxylic acids is 1. The van der Waals surface area contributed by atoms with E-state index in [2.05, 4.69) is 9.97 Å². The third kappa shape index (κ3) is 3.73. The van der Waals surface area contributed by atoms with E-state index in [-0.39, 0.29) is 6.01 Å². The summed E-state index contributed by atoms with van der Waals surface area (Å²) in [5.74, 6) is -0.989. The van der Waals surface area contributed by atoms with Crippen LogP contribution in [0.5, 0.6) is 11.9 Å². The van der Waals surface area contributed by atoms with Crippen molar-refractivity contribution < 1.29 is 19.4 Å². The Morgan fingerprint density at radius 2 is 1.94 bits per heavy atom. The predicted molar refractivity (Wildman–Crippen MR) is 63.1 cm³/mol. The van der Waals surface area contributed by atoms with E-state index in [9.17, 15) is 9.90 Å². The Kier molecular flexibility index (Phi) is 5.10. The number of aryl methyl sites for hydroxylation is 1. The highest BCUT2D eigenvalue weighted by Crippen LogP contribution is 2.23. The molecule has 0 radical (unpaired) electrons. The Bertz CT molecular complexity index is 458. The molecule has 0 saturated heterocycles. The summed E-state index contributed by atoms with van der Waals surface area (Å²) in [5.41, 5.74) is 1.08. The zero-order valence-corrected chi connectivity index (χ0v) is 10.6. The molecule has 0 unspecified atom stereocenters. The highest BCUT2D eigenvalue weighted by molar-refractivity contribution is 5.84. The van der Waals surface area contributed by atoms with E-state index in [1.807, 2.05) is 13.8 Å². The maximum Gasteiger partial charge on any atom is 0.319 e. The van der Waals surface area contributed by atoms with E-state index in [1.165, 1.54) is 6.08 Å². The van der Waals surface area contributed by atoms with Crippen LogP contribution in [0.25, 0.3) is 6.08 Å². The number of carboxylic acids is 1. The Labute approximate surface area is 105 Å². The summed E-state index contributed by atoms with van der Waals surface area (Å²) < 4.78 is 10.5. The fourth-order valence-corrected chi connectivity index (χ4v) is 1.31. The summed E-state index contributed by atoms with van der Waals surface area (Å²) in [7, 11) is 0. The summed E-state index contributed by atoms with van der Waals surface area (Å²) in [4.78, 5) is 18.6. The van der Waals surface area contributed by atoms with Crippen molar-refractivity contribution in [3.05, 3.63) is 17.3 Å². The lowest BCUT2D eigenvalue weighted by molar-refractivity contribution is -0.297. The summed E-state index contributed by atoms with van der Waals surface area (Å²) >= 11 is 0. The van der Waals surface area contributed by atoms with E-state index in [4.69, 9.17) is 9.47 Å². The van der Waals surface area contributed by atoms with Gasteiger partial charge in [0, 0.05) is 0 Å². The van der Waals surface area contributed by atoms with Gasteiger partial charge >= 0.3 is 6.01 Å². The number of hydrogen-bond donors (Lipinski definition) is 0. The maximum atomic E-state index is 10.4. The molecule has 18 heavy (non-hydrogen) atoms. The molecule has 1 aromatic heterocycles. The Balaban J connectivity index is 3.17. The molecule has 0 aromatic carbocycles. The largest absolute Gasteiger partial charge is 0.545 e. The smallest absolute Gasteiger partial charge is 0.319 e. The minimum absolute atomic E-state index is 0.212. The van der Waals surface area contributed by atoms with Crippen molar-refractivity contribution in [2.75, 3.05) is 13.2 Å². The highest BCUT2D eigenvalue weighted by Gasteiger charge is 2.11. The number of nitrogens with zero attached hydrogens (tertiary/aromatic N) is 2. The van der Waals surface area contributed by atoms with Crippen LogP contribution in [0.4, 0.5) is 0 Å². The molecule has 1 rings (SSSR count). The first-order valence-electron chi connectivity index (χ1n) is 5.61. The molecule has 0 amide bonds. The average molecular weight is 251 g/mol. The van der Waals surface area contributed by atoms with Gasteiger partial charge in [-0.15, -0.1) is 0 Å². The second-order valence-corrected chi connectivity index (χ2v) is 3.33. The number of carbonyl (C=O) groups is 1. The molecule has 98 valence electrons. The molecule has 0 saturated carbocycles. The molecule has 6 nitrogen and oxygen atoms in total. The highest BCUT2D eigenvalue weighted by atomic mass is 16.5. The average Bonchev–Trinajstić information content (AvgIpc) is 2.28. The SMILES string of the molecule is CCOc1nc(C)c(/C=C/C(=O)[O-])c(OCC)n1. The fraction of sp³-hybridized carbons (Fsp3) is 0.417. The Morgan fingerprint density at radius 3 is 2.50 bits per heavy atom. The third-order valence-electron chi connectivity index (χ3n) is 2.02. The van der Waals surface area contributed by atoms with Crippen molar-refractivity contribution in [2.45, 2.75) is 20.8 Å². The zero-order chi connectivity index (χ0) is 13.5. The molecule has 0 fully saturated rings. The predicted octanol–water partition coefficient (Wildman–Crippen LogP) is 0.346. The van der Waals surface area contributed by atoms with Gasteiger partial charge in [-0.25, -0.2) is 0 Å². The molecule has 0 spiro atoms.